The third-order valence-electron chi connectivity index (χ3n) is 2.76. The SMILES string of the molecule is O=C(NCCO)c1nn(-c2ccccc2C(F)(F)F)cc1O. The van der Waals surface area contributed by atoms with Crippen molar-refractivity contribution in [3.8, 4) is 11.4 Å². The van der Waals surface area contributed by atoms with E-state index >= 15 is 0 Å². The molecule has 3 N–H and O–H groups in total. The van der Waals surface area contributed by atoms with Gasteiger partial charge in [-0.15, -0.1) is 0 Å². The molecule has 9 heteroatoms. The van der Waals surface area contributed by atoms with Gasteiger partial charge in [0.15, 0.2) is 11.4 Å². The molecule has 0 bridgehead atoms. The van der Waals surface area contributed by atoms with Gasteiger partial charge in [0.2, 0.25) is 0 Å². The molecule has 6 nitrogen and oxygen atoms in total. The number of para-hydroxylation sites is 1. The van der Waals surface area contributed by atoms with Crippen molar-refractivity contribution in [3.63, 3.8) is 0 Å². The van der Waals surface area contributed by atoms with Crippen molar-refractivity contribution in [2.24, 2.45) is 0 Å². The number of carbonyl (C=O) groups excluding carboxylic acids is 1. The number of amides is 1. The number of aromatic nitrogens is 2. The fraction of sp³-hybridized carbons (Fsp3) is 0.231. The van der Waals surface area contributed by atoms with Crippen LogP contribution in [0.4, 0.5) is 13.2 Å². The van der Waals surface area contributed by atoms with Crippen LogP contribution in [0.3, 0.4) is 0 Å². The van der Waals surface area contributed by atoms with E-state index in [0.29, 0.717) is 0 Å². The Morgan fingerprint density at radius 1 is 1.32 bits per heavy atom. The van der Waals surface area contributed by atoms with E-state index in [0.717, 1.165) is 16.9 Å². The minimum atomic E-state index is -4.60. The highest BCUT2D eigenvalue weighted by Gasteiger charge is 2.34. The first-order chi connectivity index (χ1) is 10.3. The molecule has 1 aromatic carbocycles. The Balaban J connectivity index is 2.42. The minimum absolute atomic E-state index is 0.0652. The number of aromatic hydroxyl groups is 1. The molecule has 2 aromatic rings. The third kappa shape index (κ3) is 3.19. The van der Waals surface area contributed by atoms with Crippen molar-refractivity contribution in [1.29, 1.82) is 0 Å². The Morgan fingerprint density at radius 3 is 2.64 bits per heavy atom. The van der Waals surface area contributed by atoms with E-state index in [9.17, 15) is 23.1 Å². The van der Waals surface area contributed by atoms with Crippen LogP contribution in [-0.2, 0) is 6.18 Å². The molecular weight excluding hydrogens is 303 g/mol. The monoisotopic (exact) mass is 315 g/mol. The lowest BCUT2D eigenvalue weighted by molar-refractivity contribution is -0.137. The maximum absolute atomic E-state index is 13.0. The zero-order valence-corrected chi connectivity index (χ0v) is 11.1. The van der Waals surface area contributed by atoms with Crippen molar-refractivity contribution in [3.05, 3.63) is 41.7 Å². The summed E-state index contributed by atoms with van der Waals surface area (Å²) in [5.74, 6) is -1.36. The largest absolute Gasteiger partial charge is 0.504 e. The first-order valence-corrected chi connectivity index (χ1v) is 6.19. The molecule has 0 fully saturated rings. The van der Waals surface area contributed by atoms with Crippen LogP contribution >= 0.6 is 0 Å². The zero-order valence-electron chi connectivity index (χ0n) is 11.1. The van der Waals surface area contributed by atoms with Crippen molar-refractivity contribution >= 4 is 5.91 Å². The van der Waals surface area contributed by atoms with Gasteiger partial charge in [-0.1, -0.05) is 12.1 Å². The van der Waals surface area contributed by atoms with E-state index in [1.54, 1.807) is 0 Å². The van der Waals surface area contributed by atoms with E-state index in [4.69, 9.17) is 5.11 Å². The molecule has 1 amide bonds. The number of aliphatic hydroxyl groups excluding tert-OH is 1. The molecule has 0 radical (unpaired) electrons. The van der Waals surface area contributed by atoms with Gasteiger partial charge in [0.05, 0.1) is 24.1 Å². The van der Waals surface area contributed by atoms with Crippen molar-refractivity contribution in [2.45, 2.75) is 6.18 Å². The molecule has 2 rings (SSSR count). The van der Waals surface area contributed by atoms with Gasteiger partial charge in [0.25, 0.3) is 5.91 Å². The molecule has 0 unspecified atom stereocenters. The number of aliphatic hydroxyl groups is 1. The highest BCUT2D eigenvalue weighted by Crippen LogP contribution is 2.34. The smallest absolute Gasteiger partial charge is 0.418 e. The standard InChI is InChI=1S/C13H12F3N3O3/c14-13(15,16)8-3-1-2-4-9(8)19-7-10(21)11(18-19)12(22)17-5-6-20/h1-4,7,20-21H,5-6H2,(H,17,22). The summed E-state index contributed by atoms with van der Waals surface area (Å²) in [4.78, 5) is 11.7. The van der Waals surface area contributed by atoms with Crippen molar-refractivity contribution in [2.75, 3.05) is 13.2 Å². The Morgan fingerprint density at radius 2 is 2.00 bits per heavy atom. The van der Waals surface area contributed by atoms with Crippen molar-refractivity contribution < 1.29 is 28.2 Å². The molecular formula is C13H12F3N3O3. The minimum Gasteiger partial charge on any atom is -0.504 e. The number of alkyl halides is 3. The molecule has 1 heterocycles. The average Bonchev–Trinajstić information content (AvgIpc) is 2.86. The van der Waals surface area contributed by atoms with Gasteiger partial charge in [-0.3, -0.25) is 4.79 Å². The van der Waals surface area contributed by atoms with E-state index in [1.165, 1.54) is 18.2 Å². The summed E-state index contributed by atoms with van der Waals surface area (Å²) in [6.45, 7) is -0.381. The second-order valence-corrected chi connectivity index (χ2v) is 4.30. The zero-order chi connectivity index (χ0) is 16.3. The van der Waals surface area contributed by atoms with Gasteiger partial charge in [-0.05, 0) is 12.1 Å². The molecule has 0 aliphatic carbocycles. The Labute approximate surface area is 122 Å². The predicted molar refractivity (Wildman–Crippen MR) is 69.6 cm³/mol. The van der Waals surface area contributed by atoms with Crippen LogP contribution in [0.25, 0.3) is 5.69 Å². The van der Waals surface area contributed by atoms with Crippen LogP contribution in [-0.4, -0.2) is 39.1 Å². The third-order valence-corrected chi connectivity index (χ3v) is 2.76. The van der Waals surface area contributed by atoms with Gasteiger partial charge >= 0.3 is 6.18 Å². The fourth-order valence-corrected chi connectivity index (χ4v) is 1.82. The molecule has 0 aliphatic rings. The van der Waals surface area contributed by atoms with Crippen LogP contribution in [0.1, 0.15) is 16.1 Å². The molecule has 0 atom stereocenters. The lowest BCUT2D eigenvalue weighted by Crippen LogP contribution is -2.27. The number of rotatable bonds is 4. The second-order valence-electron chi connectivity index (χ2n) is 4.30. The molecule has 0 saturated carbocycles. The van der Waals surface area contributed by atoms with Crippen LogP contribution in [0.15, 0.2) is 30.5 Å². The van der Waals surface area contributed by atoms with E-state index in [1.807, 2.05) is 0 Å². The van der Waals surface area contributed by atoms with Crippen LogP contribution in [0.2, 0.25) is 0 Å². The summed E-state index contributed by atoms with van der Waals surface area (Å²) < 4.78 is 39.7. The number of halogens is 3. The topological polar surface area (TPSA) is 87.4 Å². The first-order valence-electron chi connectivity index (χ1n) is 6.19. The Hall–Kier alpha value is -2.55. The summed E-state index contributed by atoms with van der Waals surface area (Å²) in [5, 5.41) is 24.2. The Kier molecular flexibility index (Phi) is 4.36. The number of hydrogen-bond acceptors (Lipinski definition) is 4. The molecule has 22 heavy (non-hydrogen) atoms. The predicted octanol–water partition coefficient (Wildman–Crippen LogP) is 1.32. The highest BCUT2D eigenvalue weighted by molar-refractivity contribution is 5.94. The van der Waals surface area contributed by atoms with Crippen LogP contribution in [0.5, 0.6) is 5.75 Å². The van der Waals surface area contributed by atoms with Gasteiger partial charge in [-0.25, -0.2) is 4.68 Å². The normalized spacial score (nSPS) is 11.5. The lowest BCUT2D eigenvalue weighted by Gasteiger charge is -2.12. The van der Waals surface area contributed by atoms with Crippen LogP contribution in [0, 0.1) is 0 Å². The lowest BCUT2D eigenvalue weighted by atomic mass is 10.2. The van der Waals surface area contributed by atoms with E-state index in [-0.39, 0.29) is 18.8 Å². The average molecular weight is 315 g/mol. The van der Waals surface area contributed by atoms with Gasteiger partial charge in [-0.2, -0.15) is 18.3 Å². The first kappa shape index (κ1) is 15.8. The van der Waals surface area contributed by atoms with Crippen molar-refractivity contribution in [1.82, 2.24) is 15.1 Å². The van der Waals surface area contributed by atoms with Gasteiger partial charge in [0, 0.05) is 6.54 Å². The molecule has 1 aromatic heterocycles. The van der Waals surface area contributed by atoms with E-state index < -0.39 is 29.1 Å². The molecule has 0 saturated heterocycles. The van der Waals surface area contributed by atoms with E-state index in [2.05, 4.69) is 10.4 Å². The maximum Gasteiger partial charge on any atom is 0.418 e. The number of hydrogen-bond donors (Lipinski definition) is 3. The van der Waals surface area contributed by atoms with Gasteiger partial charge in [0.1, 0.15) is 0 Å². The number of benzene rings is 1. The number of nitrogens with zero attached hydrogens (tertiary/aromatic N) is 2. The highest BCUT2D eigenvalue weighted by atomic mass is 19.4. The summed E-state index contributed by atoms with van der Waals surface area (Å²) in [6.07, 6.45) is -3.68. The fourth-order valence-electron chi connectivity index (χ4n) is 1.82. The summed E-state index contributed by atoms with van der Waals surface area (Å²) in [7, 11) is 0. The summed E-state index contributed by atoms with van der Waals surface area (Å²) >= 11 is 0. The Bertz CT molecular complexity index is 683. The number of nitrogens with one attached hydrogen (secondary N) is 1. The number of carbonyl (C=O) groups is 1. The second kappa shape index (κ2) is 6.06. The van der Waals surface area contributed by atoms with Gasteiger partial charge < -0.3 is 15.5 Å². The summed E-state index contributed by atoms with van der Waals surface area (Å²) in [5.41, 5.74) is -1.68. The molecule has 118 valence electrons. The van der Waals surface area contributed by atoms with Crippen LogP contribution < -0.4 is 5.32 Å². The summed E-state index contributed by atoms with van der Waals surface area (Å²) in [6, 6.07) is 4.66. The quantitative estimate of drug-likeness (QED) is 0.794. The maximum atomic E-state index is 13.0. The molecule has 0 spiro atoms. The molecule has 0 aliphatic heterocycles.